The summed E-state index contributed by atoms with van der Waals surface area (Å²) in [6.45, 7) is 1.21. The van der Waals surface area contributed by atoms with Crippen LogP contribution in [0.1, 0.15) is 42.7 Å². The molecule has 0 aromatic heterocycles. The molecule has 0 N–H and O–H groups in total. The van der Waals surface area contributed by atoms with Crippen molar-refractivity contribution in [2.45, 2.75) is 31.6 Å². The van der Waals surface area contributed by atoms with Crippen LogP contribution in [0.5, 0.6) is 5.75 Å². The summed E-state index contributed by atoms with van der Waals surface area (Å²) >= 11 is 6.33. The smallest absolute Gasteiger partial charge is 0.148 e. The second kappa shape index (κ2) is 6.58. The van der Waals surface area contributed by atoms with Crippen molar-refractivity contribution in [3.8, 4) is 18.1 Å². The Bertz CT molecular complexity index is 706. The molecule has 1 aromatic carbocycles. The molecule has 4 nitrogen and oxygen atoms in total. The molecule has 126 valence electrons. The highest BCUT2D eigenvalue weighted by Gasteiger charge is 2.47. The molecule has 1 heterocycles. The third-order valence-electron chi connectivity index (χ3n) is 5.06. The summed E-state index contributed by atoms with van der Waals surface area (Å²) in [4.78, 5) is 25.7. The molecule has 0 radical (unpaired) electrons. The van der Waals surface area contributed by atoms with Crippen molar-refractivity contribution in [1.29, 1.82) is 0 Å². The second-order valence-electron chi connectivity index (χ2n) is 6.55. The lowest BCUT2D eigenvalue weighted by Crippen LogP contribution is -2.42. The molecule has 2 fully saturated rings. The zero-order chi connectivity index (χ0) is 17.3. The first kappa shape index (κ1) is 17.0. The zero-order valence-corrected chi connectivity index (χ0v) is 14.3. The lowest BCUT2D eigenvalue weighted by Gasteiger charge is -2.41. The average molecular weight is 347 g/mol. The van der Waals surface area contributed by atoms with Crippen molar-refractivity contribution in [3.63, 3.8) is 0 Å². The monoisotopic (exact) mass is 346 g/mol. The molecule has 0 bridgehead atoms. The number of halogens is 1. The molecule has 1 aliphatic carbocycles. The van der Waals surface area contributed by atoms with Gasteiger partial charge in [0.05, 0.1) is 7.11 Å². The summed E-state index contributed by atoms with van der Waals surface area (Å²) in [6, 6.07) is 3.24. The number of Topliss-reactive ketones (excluding diaryl/α,β-unsaturated/α-hetero) is 2. The van der Waals surface area contributed by atoms with Crippen molar-refractivity contribution >= 4 is 23.2 Å². The van der Waals surface area contributed by atoms with Crippen LogP contribution < -0.4 is 4.74 Å². The van der Waals surface area contributed by atoms with Crippen LogP contribution in [0.4, 0.5) is 0 Å². The SMILES string of the molecule is C#Cc1cc(Cl)c(C2C(=O)CC3(CCOCC3)CC2=O)c(OC)c1. The van der Waals surface area contributed by atoms with Crippen LogP contribution in [0.3, 0.4) is 0 Å². The normalized spacial score (nSPS) is 20.9. The first-order valence-electron chi connectivity index (χ1n) is 7.97. The molecular weight excluding hydrogens is 328 g/mol. The van der Waals surface area contributed by atoms with Gasteiger partial charge in [0, 0.05) is 42.2 Å². The summed E-state index contributed by atoms with van der Waals surface area (Å²) in [6.07, 6.45) is 7.66. The Kier molecular flexibility index (Phi) is 4.67. The van der Waals surface area contributed by atoms with E-state index in [1.165, 1.54) is 7.11 Å². The highest BCUT2D eigenvalue weighted by atomic mass is 35.5. The van der Waals surface area contributed by atoms with Crippen LogP contribution in [0, 0.1) is 17.8 Å². The Morgan fingerprint density at radius 1 is 1.25 bits per heavy atom. The maximum atomic E-state index is 12.8. The minimum absolute atomic E-state index is 0.0955. The predicted octanol–water partition coefficient (Wildman–Crippen LogP) is 3.14. The number of carbonyl (C=O) groups excluding carboxylic acids is 2. The van der Waals surface area contributed by atoms with Gasteiger partial charge in [0.1, 0.15) is 23.2 Å². The summed E-state index contributed by atoms with van der Waals surface area (Å²) in [7, 11) is 1.48. The third-order valence-corrected chi connectivity index (χ3v) is 5.38. The van der Waals surface area contributed by atoms with Crippen LogP contribution >= 0.6 is 11.6 Å². The van der Waals surface area contributed by atoms with E-state index in [4.69, 9.17) is 27.5 Å². The number of ketones is 2. The standard InChI is InChI=1S/C19H19ClO4/c1-3-12-8-13(20)17(16(9-12)23-2)18-14(21)10-19(11-15(18)22)4-6-24-7-5-19/h1,8-9,18H,4-7,10-11H2,2H3. The quantitative estimate of drug-likeness (QED) is 0.610. The van der Waals surface area contributed by atoms with Gasteiger partial charge in [-0.1, -0.05) is 17.5 Å². The van der Waals surface area contributed by atoms with Crippen molar-refractivity contribution in [2.75, 3.05) is 20.3 Å². The molecule has 1 aliphatic heterocycles. The molecule has 0 atom stereocenters. The molecule has 0 amide bonds. The van der Waals surface area contributed by atoms with Crippen LogP contribution in [0.15, 0.2) is 12.1 Å². The van der Waals surface area contributed by atoms with Gasteiger partial charge in [-0.3, -0.25) is 9.59 Å². The Hall–Kier alpha value is -1.83. The lowest BCUT2D eigenvalue weighted by atomic mass is 9.64. The van der Waals surface area contributed by atoms with Gasteiger partial charge in [-0.25, -0.2) is 0 Å². The Morgan fingerprint density at radius 3 is 2.42 bits per heavy atom. The van der Waals surface area contributed by atoms with E-state index in [0.717, 1.165) is 12.8 Å². The van der Waals surface area contributed by atoms with E-state index in [9.17, 15) is 9.59 Å². The minimum Gasteiger partial charge on any atom is -0.496 e. The third kappa shape index (κ3) is 2.94. The van der Waals surface area contributed by atoms with Gasteiger partial charge in [0.15, 0.2) is 0 Å². The van der Waals surface area contributed by atoms with Gasteiger partial charge in [0.25, 0.3) is 0 Å². The number of hydrogen-bond donors (Lipinski definition) is 0. The second-order valence-corrected chi connectivity index (χ2v) is 6.96. The first-order valence-corrected chi connectivity index (χ1v) is 8.35. The van der Waals surface area contributed by atoms with E-state index in [1.54, 1.807) is 12.1 Å². The number of methoxy groups -OCH3 is 1. The predicted molar refractivity (Wildman–Crippen MR) is 90.4 cm³/mol. The Balaban J connectivity index is 1.98. The Labute approximate surface area is 146 Å². The van der Waals surface area contributed by atoms with Crippen molar-refractivity contribution in [3.05, 3.63) is 28.3 Å². The maximum Gasteiger partial charge on any atom is 0.148 e. The van der Waals surface area contributed by atoms with E-state index < -0.39 is 5.92 Å². The summed E-state index contributed by atoms with van der Waals surface area (Å²) in [5.41, 5.74) is 0.744. The number of rotatable bonds is 2. The molecule has 1 saturated carbocycles. The minimum atomic E-state index is -0.868. The van der Waals surface area contributed by atoms with E-state index in [1.807, 2.05) is 0 Å². The van der Waals surface area contributed by atoms with Crippen LogP contribution in [-0.4, -0.2) is 31.9 Å². The van der Waals surface area contributed by atoms with E-state index >= 15 is 0 Å². The molecule has 3 rings (SSSR count). The highest BCUT2D eigenvalue weighted by molar-refractivity contribution is 6.32. The fourth-order valence-corrected chi connectivity index (χ4v) is 4.11. The van der Waals surface area contributed by atoms with Gasteiger partial charge in [-0.2, -0.15) is 0 Å². The molecule has 2 aliphatic rings. The number of terminal acetylenes is 1. The largest absolute Gasteiger partial charge is 0.496 e. The fraction of sp³-hybridized carbons (Fsp3) is 0.474. The van der Waals surface area contributed by atoms with Crippen molar-refractivity contribution < 1.29 is 19.1 Å². The van der Waals surface area contributed by atoms with Gasteiger partial charge in [-0.05, 0) is 30.4 Å². The van der Waals surface area contributed by atoms with Crippen LogP contribution in [0.25, 0.3) is 0 Å². The van der Waals surface area contributed by atoms with Crippen LogP contribution in [-0.2, 0) is 14.3 Å². The molecule has 0 unspecified atom stereocenters. The van der Waals surface area contributed by atoms with Crippen LogP contribution in [0.2, 0.25) is 5.02 Å². The highest BCUT2D eigenvalue weighted by Crippen LogP contribution is 2.48. The molecule has 1 spiro atoms. The fourth-order valence-electron chi connectivity index (χ4n) is 3.79. The number of ether oxygens (including phenoxy) is 2. The van der Waals surface area contributed by atoms with E-state index in [-0.39, 0.29) is 17.0 Å². The van der Waals surface area contributed by atoms with E-state index in [2.05, 4.69) is 5.92 Å². The van der Waals surface area contributed by atoms with Crippen molar-refractivity contribution in [2.24, 2.45) is 5.41 Å². The Morgan fingerprint density at radius 2 is 1.88 bits per heavy atom. The van der Waals surface area contributed by atoms with E-state index in [0.29, 0.717) is 48.0 Å². The summed E-state index contributed by atoms with van der Waals surface area (Å²) < 4.78 is 10.7. The lowest BCUT2D eigenvalue weighted by molar-refractivity contribution is -0.139. The molecule has 1 saturated heterocycles. The van der Waals surface area contributed by atoms with Gasteiger partial charge >= 0.3 is 0 Å². The molecule has 1 aromatic rings. The maximum absolute atomic E-state index is 12.8. The van der Waals surface area contributed by atoms with Gasteiger partial charge < -0.3 is 9.47 Å². The molecule has 24 heavy (non-hydrogen) atoms. The van der Waals surface area contributed by atoms with Gasteiger partial charge in [0.2, 0.25) is 0 Å². The van der Waals surface area contributed by atoms with Gasteiger partial charge in [-0.15, -0.1) is 6.42 Å². The zero-order valence-electron chi connectivity index (χ0n) is 13.6. The number of carbonyl (C=O) groups is 2. The topological polar surface area (TPSA) is 52.6 Å². The number of benzene rings is 1. The molecule has 5 heteroatoms. The summed E-state index contributed by atoms with van der Waals surface area (Å²) in [5, 5.41) is 0.303. The average Bonchev–Trinajstić information content (AvgIpc) is 2.55. The summed E-state index contributed by atoms with van der Waals surface area (Å²) in [5.74, 6) is 1.83. The molecular formula is C19H19ClO4. The first-order chi connectivity index (χ1) is 11.5. The van der Waals surface area contributed by atoms with Crippen molar-refractivity contribution in [1.82, 2.24) is 0 Å². The number of hydrogen-bond acceptors (Lipinski definition) is 4.